The minimum absolute atomic E-state index is 0.0255. The Morgan fingerprint density at radius 2 is 2.04 bits per heavy atom. The summed E-state index contributed by atoms with van der Waals surface area (Å²) in [5.41, 5.74) is 3.86. The molecule has 4 N–H and O–H groups in total. The number of methoxy groups -OCH3 is 1. The molecule has 0 aliphatic carbocycles. The topological polar surface area (TPSA) is 94.3 Å². The molecule has 0 saturated carbocycles. The lowest BCUT2D eigenvalue weighted by Gasteiger charge is -2.14. The molecule has 0 bridgehead atoms. The van der Waals surface area contributed by atoms with Gasteiger partial charge in [0.05, 0.1) is 24.3 Å². The average molecular weight is 392 g/mol. The number of nitrogens with two attached hydrogens (primary N) is 1. The predicted molar refractivity (Wildman–Crippen MR) is 103 cm³/mol. The molecule has 9 heteroatoms. The lowest BCUT2D eigenvalue weighted by atomic mass is 10.2. The monoisotopic (exact) mass is 391 g/mol. The number of benzene rings is 2. The summed E-state index contributed by atoms with van der Waals surface area (Å²) in [5, 5.41) is 3.88. The molecule has 3 aromatic rings. The van der Waals surface area contributed by atoms with Crippen LogP contribution >= 0.6 is 11.6 Å². The molecule has 7 nitrogen and oxygen atoms in total. The number of hydrogen-bond donors (Lipinski definition) is 3. The third-order valence-corrected chi connectivity index (χ3v) is 4.12. The van der Waals surface area contributed by atoms with E-state index in [0.29, 0.717) is 41.7 Å². The van der Waals surface area contributed by atoms with E-state index >= 15 is 0 Å². The number of hydrogen-bond acceptors (Lipinski definition) is 7. The van der Waals surface area contributed by atoms with Crippen molar-refractivity contribution in [3.05, 3.63) is 47.5 Å². The summed E-state index contributed by atoms with van der Waals surface area (Å²) in [5.74, 6) is 6.45. The maximum Gasteiger partial charge on any atom is 0.162 e. The van der Waals surface area contributed by atoms with Crippen LogP contribution in [0.4, 0.5) is 15.9 Å². The molecule has 0 aliphatic rings. The summed E-state index contributed by atoms with van der Waals surface area (Å²) in [6.45, 7) is 1.10. The molecule has 1 aromatic heterocycles. The van der Waals surface area contributed by atoms with Gasteiger partial charge in [-0.15, -0.1) is 0 Å². The lowest BCUT2D eigenvalue weighted by Crippen LogP contribution is -2.24. The van der Waals surface area contributed by atoms with Gasteiger partial charge in [-0.2, -0.15) is 0 Å². The maximum absolute atomic E-state index is 13.4. The Hall–Kier alpha value is -2.68. The van der Waals surface area contributed by atoms with Crippen LogP contribution in [0.1, 0.15) is 6.42 Å². The minimum atomic E-state index is -0.484. The normalized spacial score (nSPS) is 10.8. The zero-order valence-electron chi connectivity index (χ0n) is 14.6. The Balaban J connectivity index is 1.94. The second-order valence-corrected chi connectivity index (χ2v) is 6.06. The molecule has 27 heavy (non-hydrogen) atoms. The fourth-order valence-electron chi connectivity index (χ4n) is 2.50. The molecule has 0 saturated heterocycles. The van der Waals surface area contributed by atoms with Crippen LogP contribution in [-0.4, -0.2) is 30.2 Å². The highest BCUT2D eigenvalue weighted by molar-refractivity contribution is 6.31. The van der Waals surface area contributed by atoms with Crippen molar-refractivity contribution in [1.82, 2.24) is 15.4 Å². The van der Waals surface area contributed by atoms with Crippen LogP contribution in [0.15, 0.2) is 36.7 Å². The van der Waals surface area contributed by atoms with Crippen molar-refractivity contribution in [2.75, 3.05) is 25.6 Å². The molecule has 0 aliphatic heterocycles. The second-order valence-electron chi connectivity index (χ2n) is 5.65. The number of anilines is 2. The summed E-state index contributed by atoms with van der Waals surface area (Å²) >= 11 is 5.85. The van der Waals surface area contributed by atoms with E-state index in [4.69, 9.17) is 26.9 Å². The van der Waals surface area contributed by atoms with Crippen molar-refractivity contribution in [1.29, 1.82) is 0 Å². The Kier molecular flexibility index (Phi) is 6.23. The number of halogens is 2. The highest BCUT2D eigenvalue weighted by Crippen LogP contribution is 2.35. The maximum atomic E-state index is 13.4. The van der Waals surface area contributed by atoms with Crippen LogP contribution in [0.25, 0.3) is 10.9 Å². The number of ether oxygens (including phenoxy) is 2. The number of nitrogens with one attached hydrogen (secondary N) is 2. The first-order chi connectivity index (χ1) is 13.1. The average Bonchev–Trinajstić information content (AvgIpc) is 2.68. The van der Waals surface area contributed by atoms with Gasteiger partial charge in [0.25, 0.3) is 0 Å². The molecule has 0 spiro atoms. The van der Waals surface area contributed by atoms with Crippen molar-refractivity contribution in [3.8, 4) is 11.5 Å². The number of fused-ring (bicyclic) bond motifs is 1. The van der Waals surface area contributed by atoms with Crippen molar-refractivity contribution in [2.45, 2.75) is 6.42 Å². The molecule has 2 aromatic carbocycles. The van der Waals surface area contributed by atoms with Crippen LogP contribution in [0.3, 0.4) is 0 Å². The van der Waals surface area contributed by atoms with Gasteiger partial charge in [-0.1, -0.05) is 11.6 Å². The Bertz CT molecular complexity index is 941. The van der Waals surface area contributed by atoms with Gasteiger partial charge >= 0.3 is 0 Å². The first-order valence-corrected chi connectivity index (χ1v) is 8.61. The van der Waals surface area contributed by atoms with E-state index in [1.54, 1.807) is 25.3 Å². The van der Waals surface area contributed by atoms with Gasteiger partial charge in [0.15, 0.2) is 11.5 Å². The second kappa shape index (κ2) is 8.81. The fourth-order valence-corrected chi connectivity index (χ4v) is 2.68. The molecular formula is C18H19ClFN5O2. The van der Waals surface area contributed by atoms with Gasteiger partial charge in [0.1, 0.15) is 18.0 Å². The molecule has 0 fully saturated rings. The van der Waals surface area contributed by atoms with Crippen LogP contribution in [-0.2, 0) is 0 Å². The van der Waals surface area contributed by atoms with E-state index in [0.717, 1.165) is 11.8 Å². The predicted octanol–water partition coefficient (Wildman–Crippen LogP) is 3.41. The zero-order chi connectivity index (χ0) is 19.2. The van der Waals surface area contributed by atoms with E-state index in [2.05, 4.69) is 20.7 Å². The van der Waals surface area contributed by atoms with Gasteiger partial charge in [-0.05, 0) is 30.7 Å². The Morgan fingerprint density at radius 1 is 1.19 bits per heavy atom. The molecule has 3 rings (SSSR count). The van der Waals surface area contributed by atoms with Crippen molar-refractivity contribution >= 4 is 34.0 Å². The smallest absolute Gasteiger partial charge is 0.162 e. The van der Waals surface area contributed by atoms with Crippen molar-refractivity contribution in [2.24, 2.45) is 5.84 Å². The number of aromatic nitrogens is 2. The van der Waals surface area contributed by atoms with E-state index in [1.807, 2.05) is 0 Å². The molecule has 0 amide bonds. The van der Waals surface area contributed by atoms with Gasteiger partial charge in [0, 0.05) is 23.7 Å². The third kappa shape index (κ3) is 4.54. The van der Waals surface area contributed by atoms with E-state index < -0.39 is 5.82 Å². The Labute approximate surface area is 160 Å². The molecule has 142 valence electrons. The summed E-state index contributed by atoms with van der Waals surface area (Å²) < 4.78 is 24.6. The highest BCUT2D eigenvalue weighted by atomic mass is 35.5. The van der Waals surface area contributed by atoms with Gasteiger partial charge in [-0.3, -0.25) is 11.3 Å². The highest BCUT2D eigenvalue weighted by Gasteiger charge is 2.12. The van der Waals surface area contributed by atoms with Crippen molar-refractivity contribution < 1.29 is 13.9 Å². The zero-order valence-corrected chi connectivity index (χ0v) is 15.4. The third-order valence-electron chi connectivity index (χ3n) is 3.83. The Morgan fingerprint density at radius 3 is 2.78 bits per heavy atom. The van der Waals surface area contributed by atoms with E-state index in [-0.39, 0.29) is 5.02 Å². The molecule has 0 radical (unpaired) electrons. The van der Waals surface area contributed by atoms with E-state index in [1.165, 1.54) is 18.5 Å². The SMILES string of the molecule is COc1cc2ncnc(Nc3ccc(F)c(Cl)c3)c2cc1OCCCNN. The number of hydrazine groups is 1. The molecule has 1 heterocycles. The van der Waals surface area contributed by atoms with Crippen molar-refractivity contribution in [3.63, 3.8) is 0 Å². The van der Waals surface area contributed by atoms with Crippen LogP contribution in [0.2, 0.25) is 5.02 Å². The lowest BCUT2D eigenvalue weighted by molar-refractivity contribution is 0.288. The molecule has 0 atom stereocenters. The fraction of sp³-hybridized carbons (Fsp3) is 0.222. The minimum Gasteiger partial charge on any atom is -0.493 e. The summed E-state index contributed by atoms with van der Waals surface area (Å²) in [6.07, 6.45) is 2.17. The van der Waals surface area contributed by atoms with Crippen LogP contribution in [0, 0.1) is 5.82 Å². The summed E-state index contributed by atoms with van der Waals surface area (Å²) in [6, 6.07) is 7.94. The van der Waals surface area contributed by atoms with Gasteiger partial charge in [0.2, 0.25) is 0 Å². The number of rotatable bonds is 8. The quantitative estimate of drug-likeness (QED) is 0.308. The molecular weight excluding hydrogens is 373 g/mol. The van der Waals surface area contributed by atoms with Gasteiger partial charge in [-0.25, -0.2) is 14.4 Å². The first kappa shape index (κ1) is 19.1. The first-order valence-electron chi connectivity index (χ1n) is 8.23. The summed E-state index contributed by atoms with van der Waals surface area (Å²) in [7, 11) is 1.57. The van der Waals surface area contributed by atoms with Gasteiger partial charge < -0.3 is 14.8 Å². The standard InChI is InChI=1S/C18H19ClFN5O2/c1-26-16-9-15-12(8-17(16)27-6-2-5-24-21)18(23-10-22-15)25-11-3-4-14(20)13(19)7-11/h3-4,7-10,24H,2,5-6,21H2,1H3,(H,22,23,25). The van der Waals surface area contributed by atoms with Crippen LogP contribution in [0.5, 0.6) is 11.5 Å². The largest absolute Gasteiger partial charge is 0.493 e. The number of nitrogens with zero attached hydrogens (tertiary/aromatic N) is 2. The summed E-state index contributed by atoms with van der Waals surface area (Å²) in [4.78, 5) is 8.55. The molecule has 0 unspecified atom stereocenters. The van der Waals surface area contributed by atoms with Crippen LogP contribution < -0.4 is 26.1 Å². The van der Waals surface area contributed by atoms with E-state index in [9.17, 15) is 4.39 Å².